The van der Waals surface area contributed by atoms with Gasteiger partial charge in [0.25, 0.3) is 5.91 Å². The minimum atomic E-state index is -0.164. The van der Waals surface area contributed by atoms with Gasteiger partial charge in [0.05, 0.1) is 5.56 Å². The lowest BCUT2D eigenvalue weighted by Crippen LogP contribution is -2.33. The number of nitrogens with zero attached hydrogens (tertiary/aromatic N) is 1. The molecule has 4 nitrogen and oxygen atoms in total. The van der Waals surface area contributed by atoms with Crippen LogP contribution in [-0.2, 0) is 0 Å². The zero-order valence-electron chi connectivity index (χ0n) is 11.7. The Kier molecular flexibility index (Phi) is 6.28. The molecule has 0 saturated carbocycles. The monoisotopic (exact) mass is 327 g/mol. The van der Waals surface area contributed by atoms with Gasteiger partial charge in [-0.25, -0.2) is 4.98 Å². The molecule has 1 rings (SSSR count). The molecule has 5 heteroatoms. The summed E-state index contributed by atoms with van der Waals surface area (Å²) in [5.41, 5.74) is 6.13. The Balaban J connectivity index is 2.52. The zero-order chi connectivity index (χ0) is 14.4. The highest BCUT2D eigenvalue weighted by molar-refractivity contribution is 9.10. The van der Waals surface area contributed by atoms with Gasteiger partial charge in [0, 0.05) is 16.7 Å². The Morgan fingerprint density at radius 3 is 2.74 bits per heavy atom. The molecule has 19 heavy (non-hydrogen) atoms. The van der Waals surface area contributed by atoms with Crippen molar-refractivity contribution in [1.29, 1.82) is 0 Å². The van der Waals surface area contributed by atoms with Crippen LogP contribution in [0.2, 0.25) is 0 Å². The van der Waals surface area contributed by atoms with Crippen molar-refractivity contribution in [3.05, 3.63) is 22.3 Å². The SMILES string of the molecule is CC(C)CCCC(C)NC(=O)c1cc(Br)cnc1N. The first kappa shape index (κ1) is 16.0. The molecule has 1 aromatic rings. The van der Waals surface area contributed by atoms with Gasteiger partial charge in [0.15, 0.2) is 0 Å². The number of pyridine rings is 1. The lowest BCUT2D eigenvalue weighted by Gasteiger charge is -2.15. The van der Waals surface area contributed by atoms with E-state index in [-0.39, 0.29) is 17.8 Å². The van der Waals surface area contributed by atoms with Gasteiger partial charge in [-0.1, -0.05) is 26.7 Å². The highest BCUT2D eigenvalue weighted by atomic mass is 79.9. The molecule has 0 radical (unpaired) electrons. The molecule has 0 aromatic carbocycles. The topological polar surface area (TPSA) is 68.0 Å². The van der Waals surface area contributed by atoms with E-state index in [1.165, 1.54) is 6.42 Å². The van der Waals surface area contributed by atoms with Crippen molar-refractivity contribution in [2.24, 2.45) is 5.92 Å². The number of halogens is 1. The maximum absolute atomic E-state index is 12.1. The van der Waals surface area contributed by atoms with Crippen LogP contribution in [0.15, 0.2) is 16.7 Å². The third kappa shape index (κ3) is 5.59. The van der Waals surface area contributed by atoms with Crippen LogP contribution in [0, 0.1) is 5.92 Å². The standard InChI is InChI=1S/C14H22BrN3O/c1-9(2)5-4-6-10(3)18-14(19)12-7-11(15)8-17-13(12)16/h7-10H,4-6H2,1-3H3,(H2,16,17)(H,18,19). The first-order chi connectivity index (χ1) is 8.90. The van der Waals surface area contributed by atoms with E-state index in [0.717, 1.165) is 17.3 Å². The summed E-state index contributed by atoms with van der Waals surface area (Å²) in [6.45, 7) is 6.42. The highest BCUT2D eigenvalue weighted by Crippen LogP contribution is 2.16. The summed E-state index contributed by atoms with van der Waals surface area (Å²) in [5, 5.41) is 2.96. The summed E-state index contributed by atoms with van der Waals surface area (Å²) in [5.74, 6) is 0.797. The summed E-state index contributed by atoms with van der Waals surface area (Å²) in [6.07, 6.45) is 4.86. The molecule has 1 atom stereocenters. The fourth-order valence-electron chi connectivity index (χ4n) is 1.84. The van der Waals surface area contributed by atoms with Crippen LogP contribution >= 0.6 is 15.9 Å². The minimum Gasteiger partial charge on any atom is -0.383 e. The Morgan fingerprint density at radius 1 is 1.42 bits per heavy atom. The number of rotatable bonds is 6. The van der Waals surface area contributed by atoms with Crippen molar-refractivity contribution in [2.75, 3.05) is 5.73 Å². The number of amides is 1. The Labute approximate surface area is 123 Å². The number of nitrogens with one attached hydrogen (secondary N) is 1. The molecule has 0 saturated heterocycles. The molecule has 1 heterocycles. The number of hydrogen-bond acceptors (Lipinski definition) is 3. The van der Waals surface area contributed by atoms with Crippen LogP contribution < -0.4 is 11.1 Å². The second-order valence-electron chi connectivity index (χ2n) is 5.29. The largest absolute Gasteiger partial charge is 0.383 e. The second-order valence-corrected chi connectivity index (χ2v) is 6.20. The van der Waals surface area contributed by atoms with Crippen molar-refractivity contribution in [3.8, 4) is 0 Å². The number of aromatic nitrogens is 1. The summed E-state index contributed by atoms with van der Waals surface area (Å²) >= 11 is 3.29. The molecule has 0 aliphatic rings. The van der Waals surface area contributed by atoms with Gasteiger partial charge in [-0.2, -0.15) is 0 Å². The molecule has 0 bridgehead atoms. The van der Waals surface area contributed by atoms with E-state index in [0.29, 0.717) is 11.5 Å². The Hall–Kier alpha value is -1.10. The van der Waals surface area contributed by atoms with E-state index in [2.05, 4.69) is 40.1 Å². The maximum atomic E-state index is 12.1. The van der Waals surface area contributed by atoms with E-state index in [4.69, 9.17) is 5.73 Å². The molecular weight excluding hydrogens is 306 g/mol. The van der Waals surface area contributed by atoms with Crippen molar-refractivity contribution in [2.45, 2.75) is 46.1 Å². The molecule has 1 aromatic heterocycles. The average Bonchev–Trinajstić information content (AvgIpc) is 2.31. The molecule has 3 N–H and O–H groups in total. The fraction of sp³-hybridized carbons (Fsp3) is 0.571. The fourth-order valence-corrected chi connectivity index (χ4v) is 2.17. The van der Waals surface area contributed by atoms with Crippen LogP contribution in [0.4, 0.5) is 5.82 Å². The Morgan fingerprint density at radius 2 is 2.11 bits per heavy atom. The van der Waals surface area contributed by atoms with E-state index in [1.54, 1.807) is 12.3 Å². The van der Waals surface area contributed by atoms with Crippen molar-refractivity contribution in [1.82, 2.24) is 10.3 Å². The molecule has 1 unspecified atom stereocenters. The highest BCUT2D eigenvalue weighted by Gasteiger charge is 2.14. The predicted octanol–water partition coefficient (Wildman–Crippen LogP) is 3.37. The third-order valence-electron chi connectivity index (χ3n) is 2.93. The first-order valence-corrected chi connectivity index (χ1v) is 7.41. The van der Waals surface area contributed by atoms with Crippen LogP contribution in [-0.4, -0.2) is 16.9 Å². The first-order valence-electron chi connectivity index (χ1n) is 6.62. The molecular formula is C14H22BrN3O. The van der Waals surface area contributed by atoms with Crippen molar-refractivity contribution in [3.63, 3.8) is 0 Å². The summed E-state index contributed by atoms with van der Waals surface area (Å²) < 4.78 is 0.749. The van der Waals surface area contributed by atoms with E-state index in [1.807, 2.05) is 6.92 Å². The van der Waals surface area contributed by atoms with Gasteiger partial charge in [-0.05, 0) is 41.3 Å². The van der Waals surface area contributed by atoms with Gasteiger partial charge in [0.1, 0.15) is 5.82 Å². The van der Waals surface area contributed by atoms with Crippen LogP contribution in [0.1, 0.15) is 50.4 Å². The van der Waals surface area contributed by atoms with Crippen molar-refractivity contribution >= 4 is 27.7 Å². The number of hydrogen-bond donors (Lipinski definition) is 2. The van der Waals surface area contributed by atoms with E-state index >= 15 is 0 Å². The molecule has 0 fully saturated rings. The predicted molar refractivity (Wildman–Crippen MR) is 82.0 cm³/mol. The lowest BCUT2D eigenvalue weighted by atomic mass is 10.0. The number of nitrogen functional groups attached to an aromatic ring is 1. The molecule has 0 aliphatic carbocycles. The van der Waals surface area contributed by atoms with Gasteiger partial charge in [-0.3, -0.25) is 4.79 Å². The van der Waals surface area contributed by atoms with E-state index < -0.39 is 0 Å². The zero-order valence-corrected chi connectivity index (χ0v) is 13.3. The van der Waals surface area contributed by atoms with Crippen LogP contribution in [0.5, 0.6) is 0 Å². The van der Waals surface area contributed by atoms with Gasteiger partial charge < -0.3 is 11.1 Å². The smallest absolute Gasteiger partial charge is 0.255 e. The van der Waals surface area contributed by atoms with Crippen molar-refractivity contribution < 1.29 is 4.79 Å². The average molecular weight is 328 g/mol. The van der Waals surface area contributed by atoms with Gasteiger partial charge in [0.2, 0.25) is 0 Å². The second kappa shape index (κ2) is 7.48. The molecule has 1 amide bonds. The van der Waals surface area contributed by atoms with Crippen LogP contribution in [0.3, 0.4) is 0 Å². The van der Waals surface area contributed by atoms with E-state index in [9.17, 15) is 4.79 Å². The molecule has 106 valence electrons. The summed E-state index contributed by atoms with van der Waals surface area (Å²) in [7, 11) is 0. The lowest BCUT2D eigenvalue weighted by molar-refractivity contribution is 0.0938. The van der Waals surface area contributed by atoms with Gasteiger partial charge >= 0.3 is 0 Å². The Bertz CT molecular complexity index is 435. The minimum absolute atomic E-state index is 0.143. The normalized spacial score (nSPS) is 12.5. The summed E-state index contributed by atoms with van der Waals surface area (Å²) in [4.78, 5) is 16.0. The summed E-state index contributed by atoms with van der Waals surface area (Å²) in [6, 6.07) is 1.84. The maximum Gasteiger partial charge on any atom is 0.255 e. The number of nitrogens with two attached hydrogens (primary N) is 1. The van der Waals surface area contributed by atoms with Crippen LogP contribution in [0.25, 0.3) is 0 Å². The van der Waals surface area contributed by atoms with Gasteiger partial charge in [-0.15, -0.1) is 0 Å². The molecule has 0 aliphatic heterocycles. The number of anilines is 1. The number of carbonyl (C=O) groups excluding carboxylic acids is 1. The molecule has 0 spiro atoms. The number of carbonyl (C=O) groups is 1. The third-order valence-corrected chi connectivity index (χ3v) is 3.36. The quantitative estimate of drug-likeness (QED) is 0.841.